The normalized spacial score (nSPS) is 16.5. The molecule has 0 aromatic heterocycles. The van der Waals surface area contributed by atoms with Gasteiger partial charge in [0.25, 0.3) is 0 Å². The molecule has 132 valence electrons. The molecule has 0 bridgehead atoms. The number of allylic oxidation sites excluding steroid dienone is 2. The number of carbonyl (C=O) groups excluding carboxylic acids is 1. The van der Waals surface area contributed by atoms with Crippen LogP contribution in [0, 0.1) is 6.92 Å². The van der Waals surface area contributed by atoms with Crippen molar-refractivity contribution < 1.29 is 9.53 Å². The third-order valence-electron chi connectivity index (χ3n) is 4.87. The number of hydrogen-bond acceptors (Lipinski definition) is 2. The minimum absolute atomic E-state index is 0.150. The highest BCUT2D eigenvalue weighted by Gasteiger charge is 2.28. The maximum absolute atomic E-state index is 12.1. The number of aryl methyl sites for hydroxylation is 1. The minimum atomic E-state index is -0.150. The predicted molar refractivity (Wildman–Crippen MR) is 109 cm³/mol. The summed E-state index contributed by atoms with van der Waals surface area (Å²) < 4.78 is 6.26. The third kappa shape index (κ3) is 3.34. The molecule has 0 saturated heterocycles. The maximum Gasteiger partial charge on any atom is 0.150 e. The summed E-state index contributed by atoms with van der Waals surface area (Å²) in [4.78, 5) is 12.1. The summed E-state index contributed by atoms with van der Waals surface area (Å²) in [6.45, 7) is 2.07. The zero-order valence-electron chi connectivity index (χ0n) is 15.1. The van der Waals surface area contributed by atoms with Crippen molar-refractivity contribution in [2.45, 2.75) is 12.8 Å². The Labute approximate surface area is 159 Å². The molecular weight excluding hydrogens is 332 g/mol. The molecule has 0 saturated carbocycles. The zero-order chi connectivity index (χ0) is 18.6. The SMILES string of the molecule is Cc1ccccc1[C@H]1C=C(c2ccccc2)OC(c2ccccc2)=C1C=O. The first-order chi connectivity index (χ1) is 13.3. The highest BCUT2D eigenvalue weighted by Crippen LogP contribution is 2.41. The summed E-state index contributed by atoms with van der Waals surface area (Å²) in [7, 11) is 0. The molecule has 1 atom stereocenters. The van der Waals surface area contributed by atoms with E-state index in [0.717, 1.165) is 34.3 Å². The van der Waals surface area contributed by atoms with Crippen LogP contribution < -0.4 is 0 Å². The summed E-state index contributed by atoms with van der Waals surface area (Å²) in [5.74, 6) is 1.25. The standard InChI is InChI=1S/C25H20O2/c1-18-10-8-9-15-21(18)22-16-24(19-11-4-2-5-12-19)27-25(23(22)17-26)20-13-6-3-7-14-20/h2-17,22H,1H3/t22-/m1/s1. The summed E-state index contributed by atoms with van der Waals surface area (Å²) in [5.41, 5.74) is 4.81. The van der Waals surface area contributed by atoms with Crippen LogP contribution in [0.15, 0.2) is 96.6 Å². The topological polar surface area (TPSA) is 26.3 Å². The lowest BCUT2D eigenvalue weighted by atomic mass is 9.84. The van der Waals surface area contributed by atoms with Gasteiger partial charge in [0.2, 0.25) is 0 Å². The lowest BCUT2D eigenvalue weighted by Gasteiger charge is -2.27. The molecule has 3 aromatic carbocycles. The van der Waals surface area contributed by atoms with Crippen molar-refractivity contribution in [2.75, 3.05) is 0 Å². The van der Waals surface area contributed by atoms with Crippen LogP contribution in [0.4, 0.5) is 0 Å². The van der Waals surface area contributed by atoms with Crippen molar-refractivity contribution in [3.63, 3.8) is 0 Å². The van der Waals surface area contributed by atoms with Crippen LogP contribution >= 0.6 is 0 Å². The van der Waals surface area contributed by atoms with Crippen molar-refractivity contribution >= 4 is 17.8 Å². The van der Waals surface area contributed by atoms with Crippen molar-refractivity contribution in [2.24, 2.45) is 0 Å². The number of hydrogen-bond donors (Lipinski definition) is 0. The molecule has 2 nitrogen and oxygen atoms in total. The second-order valence-electron chi connectivity index (χ2n) is 6.60. The molecule has 0 N–H and O–H groups in total. The molecule has 3 aromatic rings. The molecule has 1 aliphatic rings. The van der Waals surface area contributed by atoms with Gasteiger partial charge in [0, 0.05) is 22.6 Å². The highest BCUT2D eigenvalue weighted by atomic mass is 16.5. The van der Waals surface area contributed by atoms with Gasteiger partial charge in [-0.05, 0) is 24.1 Å². The second-order valence-corrected chi connectivity index (χ2v) is 6.60. The molecule has 2 heteroatoms. The second kappa shape index (κ2) is 7.46. The fraction of sp³-hybridized carbons (Fsp3) is 0.0800. The van der Waals surface area contributed by atoms with Crippen LogP contribution in [0.2, 0.25) is 0 Å². The zero-order valence-corrected chi connectivity index (χ0v) is 15.1. The van der Waals surface area contributed by atoms with Gasteiger partial charge in [-0.15, -0.1) is 0 Å². The van der Waals surface area contributed by atoms with Gasteiger partial charge in [0.15, 0.2) is 6.29 Å². The molecule has 1 aliphatic heterocycles. The molecule has 0 aliphatic carbocycles. The first-order valence-electron chi connectivity index (χ1n) is 9.03. The fourth-order valence-electron chi connectivity index (χ4n) is 3.48. The Morgan fingerprint density at radius 3 is 2.00 bits per heavy atom. The van der Waals surface area contributed by atoms with E-state index in [9.17, 15) is 4.79 Å². The average Bonchev–Trinajstić information content (AvgIpc) is 2.74. The molecule has 0 radical (unpaired) electrons. The van der Waals surface area contributed by atoms with E-state index in [1.807, 2.05) is 78.9 Å². The van der Waals surface area contributed by atoms with E-state index < -0.39 is 0 Å². The van der Waals surface area contributed by atoms with Gasteiger partial charge in [0.05, 0.1) is 0 Å². The van der Waals surface area contributed by atoms with Crippen LogP contribution in [0.1, 0.15) is 28.2 Å². The molecule has 0 spiro atoms. The Hall–Kier alpha value is -3.39. The van der Waals surface area contributed by atoms with E-state index in [0.29, 0.717) is 11.3 Å². The van der Waals surface area contributed by atoms with Crippen LogP contribution in [0.3, 0.4) is 0 Å². The van der Waals surface area contributed by atoms with Gasteiger partial charge in [-0.25, -0.2) is 0 Å². The highest BCUT2D eigenvalue weighted by molar-refractivity contribution is 5.92. The fourth-order valence-corrected chi connectivity index (χ4v) is 3.48. The Kier molecular flexibility index (Phi) is 4.71. The predicted octanol–water partition coefficient (Wildman–Crippen LogP) is 5.76. The molecule has 4 rings (SSSR count). The summed E-state index contributed by atoms with van der Waals surface area (Å²) in [6.07, 6.45) is 2.98. The third-order valence-corrected chi connectivity index (χ3v) is 4.87. The van der Waals surface area contributed by atoms with Crippen molar-refractivity contribution in [3.8, 4) is 0 Å². The van der Waals surface area contributed by atoms with Crippen LogP contribution in [0.5, 0.6) is 0 Å². The van der Waals surface area contributed by atoms with E-state index >= 15 is 0 Å². The Bertz CT molecular complexity index is 1010. The molecule has 0 fully saturated rings. The van der Waals surface area contributed by atoms with Gasteiger partial charge in [-0.2, -0.15) is 0 Å². The number of ether oxygens (including phenoxy) is 1. The van der Waals surface area contributed by atoms with E-state index in [1.54, 1.807) is 0 Å². The smallest absolute Gasteiger partial charge is 0.150 e. The minimum Gasteiger partial charge on any atom is -0.456 e. The molecule has 0 unspecified atom stereocenters. The Morgan fingerprint density at radius 1 is 0.778 bits per heavy atom. The lowest BCUT2D eigenvalue weighted by molar-refractivity contribution is -0.105. The van der Waals surface area contributed by atoms with Crippen molar-refractivity contribution in [1.82, 2.24) is 0 Å². The quantitative estimate of drug-likeness (QED) is 0.558. The average molecular weight is 352 g/mol. The number of rotatable bonds is 4. The van der Waals surface area contributed by atoms with Crippen LogP contribution in [0.25, 0.3) is 11.5 Å². The molecule has 27 heavy (non-hydrogen) atoms. The first kappa shape index (κ1) is 17.0. The number of aldehydes is 1. The summed E-state index contributed by atoms with van der Waals surface area (Å²) in [5, 5.41) is 0. The van der Waals surface area contributed by atoms with Gasteiger partial charge < -0.3 is 4.74 Å². The van der Waals surface area contributed by atoms with Gasteiger partial charge in [-0.3, -0.25) is 4.79 Å². The van der Waals surface area contributed by atoms with E-state index in [4.69, 9.17) is 4.74 Å². The number of carbonyl (C=O) groups is 1. The van der Waals surface area contributed by atoms with Crippen molar-refractivity contribution in [1.29, 1.82) is 0 Å². The molecule has 0 amide bonds. The monoisotopic (exact) mass is 352 g/mol. The van der Waals surface area contributed by atoms with Crippen LogP contribution in [-0.4, -0.2) is 6.29 Å². The van der Waals surface area contributed by atoms with Gasteiger partial charge in [-0.1, -0.05) is 84.9 Å². The van der Waals surface area contributed by atoms with Gasteiger partial charge in [0.1, 0.15) is 11.5 Å². The summed E-state index contributed by atoms with van der Waals surface area (Å²) >= 11 is 0. The maximum atomic E-state index is 12.1. The largest absolute Gasteiger partial charge is 0.456 e. The van der Waals surface area contributed by atoms with Gasteiger partial charge >= 0.3 is 0 Å². The summed E-state index contributed by atoms with van der Waals surface area (Å²) in [6, 6.07) is 28.0. The van der Waals surface area contributed by atoms with E-state index in [-0.39, 0.29) is 5.92 Å². The molecule has 1 heterocycles. The lowest BCUT2D eigenvalue weighted by Crippen LogP contribution is -2.13. The van der Waals surface area contributed by atoms with Crippen LogP contribution in [-0.2, 0) is 9.53 Å². The Morgan fingerprint density at radius 2 is 1.37 bits per heavy atom. The number of benzene rings is 3. The van der Waals surface area contributed by atoms with E-state index in [2.05, 4.69) is 19.1 Å². The van der Waals surface area contributed by atoms with E-state index in [1.165, 1.54) is 0 Å². The van der Waals surface area contributed by atoms with Crippen molar-refractivity contribution in [3.05, 3.63) is 119 Å². The first-order valence-corrected chi connectivity index (χ1v) is 9.03. The molecular formula is C25H20O2. The Balaban J connectivity index is 1.92.